The fourth-order valence-corrected chi connectivity index (χ4v) is 2.57. The van der Waals surface area contributed by atoms with Gasteiger partial charge in [-0.2, -0.15) is 0 Å². The second kappa shape index (κ2) is 7.55. The van der Waals surface area contributed by atoms with E-state index in [9.17, 15) is 13.6 Å². The van der Waals surface area contributed by atoms with Gasteiger partial charge in [-0.15, -0.1) is 12.4 Å². The number of anilines is 1. The van der Waals surface area contributed by atoms with Crippen LogP contribution in [0.5, 0.6) is 0 Å². The zero-order valence-electron chi connectivity index (χ0n) is 11.1. The molecule has 0 aliphatic heterocycles. The third kappa shape index (κ3) is 4.72. The first-order valence-electron chi connectivity index (χ1n) is 6.56. The van der Waals surface area contributed by atoms with Gasteiger partial charge in [-0.3, -0.25) is 4.79 Å². The van der Waals surface area contributed by atoms with E-state index in [1.807, 2.05) is 0 Å². The number of rotatable bonds is 3. The lowest BCUT2D eigenvalue weighted by atomic mass is 9.83. The summed E-state index contributed by atoms with van der Waals surface area (Å²) in [6.07, 6.45) is 4.37. The first-order valence-corrected chi connectivity index (χ1v) is 6.56. The largest absolute Gasteiger partial charge is 0.327 e. The van der Waals surface area contributed by atoms with Crippen molar-refractivity contribution in [2.45, 2.75) is 38.1 Å². The Morgan fingerprint density at radius 3 is 2.40 bits per heavy atom. The minimum absolute atomic E-state index is 0. The van der Waals surface area contributed by atoms with Gasteiger partial charge in [0.05, 0.1) is 0 Å². The van der Waals surface area contributed by atoms with Crippen molar-refractivity contribution in [2.24, 2.45) is 11.7 Å². The number of nitrogens with two attached hydrogens (primary N) is 1. The molecule has 3 N–H and O–H groups in total. The first kappa shape index (κ1) is 16.9. The Kier molecular flexibility index (Phi) is 6.36. The fraction of sp³-hybridized carbons (Fsp3) is 0.500. The molecule has 3 nitrogen and oxygen atoms in total. The minimum atomic E-state index is -0.704. The molecule has 2 rings (SSSR count). The third-order valence-corrected chi connectivity index (χ3v) is 3.56. The number of nitrogens with one attached hydrogen (secondary N) is 1. The van der Waals surface area contributed by atoms with Gasteiger partial charge in [0.1, 0.15) is 11.6 Å². The van der Waals surface area contributed by atoms with E-state index in [1.54, 1.807) is 0 Å². The number of benzene rings is 1. The van der Waals surface area contributed by atoms with Gasteiger partial charge in [0.25, 0.3) is 0 Å². The van der Waals surface area contributed by atoms with E-state index < -0.39 is 11.6 Å². The van der Waals surface area contributed by atoms with E-state index in [-0.39, 0.29) is 36.0 Å². The van der Waals surface area contributed by atoms with Gasteiger partial charge in [0.2, 0.25) is 5.91 Å². The second-order valence-corrected chi connectivity index (χ2v) is 5.12. The molecule has 0 saturated heterocycles. The summed E-state index contributed by atoms with van der Waals surface area (Å²) in [5.41, 5.74) is 6.11. The van der Waals surface area contributed by atoms with Crippen LogP contribution in [0.25, 0.3) is 0 Å². The van der Waals surface area contributed by atoms with Crippen LogP contribution >= 0.6 is 12.4 Å². The highest BCUT2D eigenvalue weighted by molar-refractivity contribution is 5.90. The quantitative estimate of drug-likeness (QED) is 0.901. The lowest BCUT2D eigenvalue weighted by Crippen LogP contribution is -2.35. The van der Waals surface area contributed by atoms with E-state index in [0.29, 0.717) is 6.42 Å². The van der Waals surface area contributed by atoms with E-state index in [4.69, 9.17) is 5.73 Å². The molecule has 2 atom stereocenters. The van der Waals surface area contributed by atoms with Gasteiger partial charge in [-0.05, 0) is 30.9 Å². The molecule has 1 aliphatic rings. The van der Waals surface area contributed by atoms with Crippen LogP contribution in [0.1, 0.15) is 32.1 Å². The van der Waals surface area contributed by atoms with Gasteiger partial charge in [0.15, 0.2) is 0 Å². The van der Waals surface area contributed by atoms with Crippen LogP contribution < -0.4 is 11.1 Å². The molecule has 0 heterocycles. The summed E-state index contributed by atoms with van der Waals surface area (Å²) < 4.78 is 26.0. The number of halogens is 3. The molecule has 0 aromatic heterocycles. The minimum Gasteiger partial charge on any atom is -0.327 e. The first-order chi connectivity index (χ1) is 9.04. The molecule has 1 aromatic rings. The zero-order valence-corrected chi connectivity index (χ0v) is 11.9. The van der Waals surface area contributed by atoms with Crippen molar-refractivity contribution in [3.05, 3.63) is 29.8 Å². The number of amides is 1. The Bertz CT molecular complexity index is 450. The normalized spacial score (nSPS) is 21.9. The highest BCUT2D eigenvalue weighted by Gasteiger charge is 2.24. The summed E-state index contributed by atoms with van der Waals surface area (Å²) in [6.45, 7) is 0. The number of hydrogen-bond acceptors (Lipinski definition) is 2. The maximum Gasteiger partial charge on any atom is 0.224 e. The molecule has 0 spiro atoms. The van der Waals surface area contributed by atoms with Crippen LogP contribution in [-0.4, -0.2) is 11.9 Å². The van der Waals surface area contributed by atoms with Crippen molar-refractivity contribution in [3.8, 4) is 0 Å². The summed E-state index contributed by atoms with van der Waals surface area (Å²) in [4.78, 5) is 11.8. The van der Waals surface area contributed by atoms with E-state index in [2.05, 4.69) is 5.32 Å². The number of hydrogen-bond donors (Lipinski definition) is 2. The van der Waals surface area contributed by atoms with E-state index >= 15 is 0 Å². The third-order valence-electron chi connectivity index (χ3n) is 3.56. The molecule has 20 heavy (non-hydrogen) atoms. The van der Waals surface area contributed by atoms with Crippen molar-refractivity contribution < 1.29 is 13.6 Å². The number of carbonyl (C=O) groups is 1. The topological polar surface area (TPSA) is 55.1 Å². The van der Waals surface area contributed by atoms with Gasteiger partial charge >= 0.3 is 0 Å². The van der Waals surface area contributed by atoms with Crippen LogP contribution in [0, 0.1) is 17.6 Å². The predicted octanol–water partition coefficient (Wildman–Crippen LogP) is 3.23. The van der Waals surface area contributed by atoms with Crippen molar-refractivity contribution in [3.63, 3.8) is 0 Å². The Balaban J connectivity index is 0.00000200. The maximum atomic E-state index is 13.0. The molecule has 112 valence electrons. The Hall–Kier alpha value is -1.20. The van der Waals surface area contributed by atoms with Gasteiger partial charge < -0.3 is 11.1 Å². The Labute approximate surface area is 123 Å². The Morgan fingerprint density at radius 1 is 1.20 bits per heavy atom. The van der Waals surface area contributed by atoms with Crippen molar-refractivity contribution in [1.82, 2.24) is 0 Å². The van der Waals surface area contributed by atoms with Crippen molar-refractivity contribution in [1.29, 1.82) is 0 Å². The van der Waals surface area contributed by atoms with Crippen LogP contribution in [-0.2, 0) is 4.79 Å². The zero-order chi connectivity index (χ0) is 13.8. The molecule has 1 aromatic carbocycles. The standard InChI is InChI=1S/C14H18F2N2O.ClH/c15-10-6-11(16)8-12(7-10)18-14(19)5-9-3-1-2-4-13(9)17;/h6-9,13H,1-5,17H2,(H,18,19);1H. The molecular formula is C14H19ClF2N2O. The predicted molar refractivity (Wildman–Crippen MR) is 76.8 cm³/mol. The smallest absolute Gasteiger partial charge is 0.224 e. The molecular weight excluding hydrogens is 286 g/mol. The molecule has 1 fully saturated rings. The average molecular weight is 305 g/mol. The summed E-state index contributed by atoms with van der Waals surface area (Å²) in [5.74, 6) is -1.49. The van der Waals surface area contributed by atoms with Crippen molar-refractivity contribution >= 4 is 24.0 Å². The molecule has 0 bridgehead atoms. The molecule has 1 aliphatic carbocycles. The highest BCUT2D eigenvalue weighted by Crippen LogP contribution is 2.26. The van der Waals surface area contributed by atoms with Crippen LogP contribution in [0.3, 0.4) is 0 Å². The summed E-state index contributed by atoms with van der Waals surface area (Å²) in [5, 5.41) is 2.52. The summed E-state index contributed by atoms with van der Waals surface area (Å²) >= 11 is 0. The molecule has 1 saturated carbocycles. The molecule has 0 radical (unpaired) electrons. The Morgan fingerprint density at radius 2 is 1.80 bits per heavy atom. The monoisotopic (exact) mass is 304 g/mol. The molecule has 6 heteroatoms. The van der Waals surface area contributed by atoms with E-state index in [1.165, 1.54) is 0 Å². The lowest BCUT2D eigenvalue weighted by Gasteiger charge is -2.27. The number of carbonyl (C=O) groups excluding carboxylic acids is 1. The fourth-order valence-electron chi connectivity index (χ4n) is 2.57. The highest BCUT2D eigenvalue weighted by atomic mass is 35.5. The second-order valence-electron chi connectivity index (χ2n) is 5.12. The van der Waals surface area contributed by atoms with E-state index in [0.717, 1.165) is 43.9 Å². The summed E-state index contributed by atoms with van der Waals surface area (Å²) in [6, 6.07) is 3.01. The molecule has 1 amide bonds. The maximum absolute atomic E-state index is 13.0. The van der Waals surface area contributed by atoms with Crippen molar-refractivity contribution in [2.75, 3.05) is 5.32 Å². The summed E-state index contributed by atoms with van der Waals surface area (Å²) in [7, 11) is 0. The van der Waals surface area contributed by atoms with Gasteiger partial charge in [0, 0.05) is 24.2 Å². The lowest BCUT2D eigenvalue weighted by molar-refractivity contribution is -0.117. The SMILES string of the molecule is Cl.NC1CCCCC1CC(=O)Nc1cc(F)cc(F)c1. The van der Waals surface area contributed by atoms with Crippen LogP contribution in [0.2, 0.25) is 0 Å². The molecule has 2 unspecified atom stereocenters. The van der Waals surface area contributed by atoms with Crippen LogP contribution in [0.15, 0.2) is 18.2 Å². The van der Waals surface area contributed by atoms with Gasteiger partial charge in [-0.1, -0.05) is 12.8 Å². The van der Waals surface area contributed by atoms with Gasteiger partial charge in [-0.25, -0.2) is 8.78 Å². The average Bonchev–Trinajstić information content (AvgIpc) is 2.30. The van der Waals surface area contributed by atoms with Crippen LogP contribution in [0.4, 0.5) is 14.5 Å².